The third kappa shape index (κ3) is 3.74. The fraction of sp³-hybridized carbons (Fsp3) is 0.217. The molecule has 30 heavy (non-hydrogen) atoms. The maximum atomic E-state index is 12.8. The van der Waals surface area contributed by atoms with Crippen LogP contribution < -0.4 is 15.2 Å². The Bertz CT molecular complexity index is 1200. The van der Waals surface area contributed by atoms with E-state index in [4.69, 9.17) is 4.74 Å². The van der Waals surface area contributed by atoms with Crippen molar-refractivity contribution >= 4 is 17.4 Å². The molecule has 2 aromatic carbocycles. The highest BCUT2D eigenvalue weighted by Crippen LogP contribution is 2.29. The van der Waals surface area contributed by atoms with Crippen molar-refractivity contribution in [2.45, 2.75) is 19.9 Å². The summed E-state index contributed by atoms with van der Waals surface area (Å²) in [5.74, 6) is 0.454. The molecule has 0 fully saturated rings. The molecule has 0 saturated carbocycles. The molecule has 7 heteroatoms. The van der Waals surface area contributed by atoms with Gasteiger partial charge in [-0.25, -0.2) is 4.68 Å². The molecular weight excluding hydrogens is 382 g/mol. The van der Waals surface area contributed by atoms with Crippen LogP contribution in [0.3, 0.4) is 0 Å². The molecule has 0 radical (unpaired) electrons. The smallest absolute Gasteiger partial charge is 0.267 e. The van der Waals surface area contributed by atoms with Crippen LogP contribution >= 0.6 is 0 Å². The zero-order valence-electron chi connectivity index (χ0n) is 16.8. The van der Waals surface area contributed by atoms with Crippen molar-refractivity contribution in [3.05, 3.63) is 76.1 Å². The normalized spacial score (nSPS) is 12.5. The van der Waals surface area contributed by atoms with Crippen molar-refractivity contribution < 1.29 is 14.3 Å². The van der Waals surface area contributed by atoms with E-state index >= 15 is 0 Å². The Labute approximate surface area is 173 Å². The second-order valence-electron chi connectivity index (χ2n) is 7.13. The van der Waals surface area contributed by atoms with E-state index in [0.717, 1.165) is 16.8 Å². The molecule has 3 aromatic rings. The number of aromatic nitrogens is 2. The number of hydrogen-bond acceptors (Lipinski definition) is 5. The van der Waals surface area contributed by atoms with Gasteiger partial charge in [-0.05, 0) is 48.4 Å². The van der Waals surface area contributed by atoms with Crippen LogP contribution in [-0.4, -0.2) is 35.1 Å². The number of methoxy groups -OCH3 is 1. The second kappa shape index (κ2) is 7.94. The van der Waals surface area contributed by atoms with Crippen LogP contribution in [0.25, 0.3) is 11.3 Å². The van der Waals surface area contributed by atoms with Gasteiger partial charge in [-0.15, -0.1) is 0 Å². The summed E-state index contributed by atoms with van der Waals surface area (Å²) in [6, 6.07) is 15.7. The number of carbonyl (C=O) groups is 2. The standard InChI is InChI=1S/C23H21N3O4/c1-15(27)25-11-10-17-12-18(6-8-21(17)25)22(28)14-26-23(29)9-7-20(24-26)16-4-3-5-19(13-16)30-2/h3-9,12-13H,10-11,14H2,1-2H3. The lowest BCUT2D eigenvalue weighted by Gasteiger charge is -2.14. The fourth-order valence-electron chi connectivity index (χ4n) is 3.63. The molecule has 1 amide bonds. The average molecular weight is 403 g/mol. The van der Waals surface area contributed by atoms with Gasteiger partial charge >= 0.3 is 0 Å². The zero-order valence-corrected chi connectivity index (χ0v) is 16.8. The number of Topliss-reactive ketones (excluding diaryl/α,β-unsaturated/α-hetero) is 1. The van der Waals surface area contributed by atoms with Gasteiger partial charge in [0.15, 0.2) is 5.78 Å². The van der Waals surface area contributed by atoms with Crippen LogP contribution in [0.15, 0.2) is 59.4 Å². The molecule has 1 aliphatic rings. The van der Waals surface area contributed by atoms with Gasteiger partial charge in [0.1, 0.15) is 12.3 Å². The van der Waals surface area contributed by atoms with Gasteiger partial charge in [0.05, 0.1) is 12.8 Å². The van der Waals surface area contributed by atoms with E-state index in [9.17, 15) is 14.4 Å². The van der Waals surface area contributed by atoms with Crippen molar-refractivity contribution in [1.29, 1.82) is 0 Å². The van der Waals surface area contributed by atoms with Crippen LogP contribution in [0.5, 0.6) is 5.75 Å². The quantitative estimate of drug-likeness (QED) is 0.612. The molecule has 0 saturated heterocycles. The number of anilines is 1. The fourth-order valence-corrected chi connectivity index (χ4v) is 3.63. The molecule has 0 spiro atoms. The second-order valence-corrected chi connectivity index (χ2v) is 7.13. The first-order valence-electron chi connectivity index (χ1n) is 9.63. The van der Waals surface area contributed by atoms with E-state index in [0.29, 0.717) is 30.0 Å². The van der Waals surface area contributed by atoms with E-state index in [1.165, 1.54) is 17.7 Å². The molecular formula is C23H21N3O4. The SMILES string of the molecule is COc1cccc(-c2ccc(=O)n(CC(=O)c3ccc4c(c3)CCN4C(C)=O)n2)c1. The van der Waals surface area contributed by atoms with Crippen molar-refractivity contribution in [3.8, 4) is 17.0 Å². The molecule has 0 bridgehead atoms. The lowest BCUT2D eigenvalue weighted by atomic mass is 10.1. The summed E-state index contributed by atoms with van der Waals surface area (Å²) in [6.45, 7) is 1.99. The number of hydrogen-bond donors (Lipinski definition) is 0. The summed E-state index contributed by atoms with van der Waals surface area (Å²) in [6.07, 6.45) is 0.708. The highest BCUT2D eigenvalue weighted by atomic mass is 16.5. The Balaban J connectivity index is 1.59. The molecule has 2 heterocycles. The van der Waals surface area contributed by atoms with Crippen LogP contribution in [0.4, 0.5) is 5.69 Å². The van der Waals surface area contributed by atoms with Crippen LogP contribution in [-0.2, 0) is 17.8 Å². The van der Waals surface area contributed by atoms with Crippen molar-refractivity contribution in [3.63, 3.8) is 0 Å². The summed E-state index contributed by atoms with van der Waals surface area (Å²) < 4.78 is 6.41. The summed E-state index contributed by atoms with van der Waals surface area (Å²) in [4.78, 5) is 38.5. The molecule has 0 aliphatic carbocycles. The minimum absolute atomic E-state index is 0.0158. The van der Waals surface area contributed by atoms with Gasteiger partial charge in [-0.1, -0.05) is 12.1 Å². The van der Waals surface area contributed by atoms with E-state index in [1.807, 2.05) is 24.3 Å². The zero-order chi connectivity index (χ0) is 21.3. The number of carbonyl (C=O) groups excluding carboxylic acids is 2. The number of ether oxygens (including phenoxy) is 1. The Morgan fingerprint density at radius 1 is 1.10 bits per heavy atom. The van der Waals surface area contributed by atoms with Gasteiger partial charge in [0.2, 0.25) is 5.91 Å². The van der Waals surface area contributed by atoms with Gasteiger partial charge in [-0.2, -0.15) is 5.10 Å². The summed E-state index contributed by atoms with van der Waals surface area (Å²) in [7, 11) is 1.58. The minimum atomic E-state index is -0.348. The van der Waals surface area contributed by atoms with E-state index in [2.05, 4.69) is 5.10 Å². The third-order valence-electron chi connectivity index (χ3n) is 5.20. The first kappa shape index (κ1) is 19.6. The molecule has 152 valence electrons. The Morgan fingerprint density at radius 2 is 1.93 bits per heavy atom. The van der Waals surface area contributed by atoms with Crippen LogP contribution in [0.1, 0.15) is 22.8 Å². The number of ketones is 1. The minimum Gasteiger partial charge on any atom is -0.497 e. The molecule has 0 atom stereocenters. The monoisotopic (exact) mass is 403 g/mol. The molecule has 7 nitrogen and oxygen atoms in total. The Morgan fingerprint density at radius 3 is 2.70 bits per heavy atom. The van der Waals surface area contributed by atoms with E-state index < -0.39 is 0 Å². The molecule has 0 N–H and O–H groups in total. The molecule has 1 aliphatic heterocycles. The predicted molar refractivity (Wildman–Crippen MR) is 113 cm³/mol. The maximum Gasteiger partial charge on any atom is 0.267 e. The first-order chi connectivity index (χ1) is 14.5. The number of fused-ring (bicyclic) bond motifs is 1. The van der Waals surface area contributed by atoms with Crippen molar-refractivity contribution in [1.82, 2.24) is 9.78 Å². The number of amides is 1. The Kier molecular flexibility index (Phi) is 5.18. The summed E-state index contributed by atoms with van der Waals surface area (Å²) in [5.41, 5.74) is 3.32. The van der Waals surface area contributed by atoms with Crippen LogP contribution in [0.2, 0.25) is 0 Å². The van der Waals surface area contributed by atoms with E-state index in [1.54, 1.807) is 36.3 Å². The molecule has 0 unspecified atom stereocenters. The maximum absolute atomic E-state index is 12.8. The topological polar surface area (TPSA) is 81.5 Å². The van der Waals surface area contributed by atoms with Gasteiger partial charge in [-0.3, -0.25) is 14.4 Å². The molecule has 1 aromatic heterocycles. The van der Waals surface area contributed by atoms with E-state index in [-0.39, 0.29) is 23.8 Å². The van der Waals surface area contributed by atoms with Crippen molar-refractivity contribution in [2.75, 3.05) is 18.6 Å². The lowest BCUT2D eigenvalue weighted by Crippen LogP contribution is -2.26. The predicted octanol–water partition coefficient (Wildman–Crippen LogP) is 2.71. The third-order valence-corrected chi connectivity index (χ3v) is 5.20. The average Bonchev–Trinajstić information content (AvgIpc) is 3.19. The van der Waals surface area contributed by atoms with Crippen LogP contribution in [0, 0.1) is 0 Å². The summed E-state index contributed by atoms with van der Waals surface area (Å²) in [5, 5.41) is 4.37. The summed E-state index contributed by atoms with van der Waals surface area (Å²) >= 11 is 0. The highest BCUT2D eigenvalue weighted by Gasteiger charge is 2.23. The lowest BCUT2D eigenvalue weighted by molar-refractivity contribution is -0.116. The first-order valence-corrected chi connectivity index (χ1v) is 9.63. The van der Waals surface area contributed by atoms with Crippen molar-refractivity contribution in [2.24, 2.45) is 0 Å². The Hall–Kier alpha value is -3.74. The number of nitrogens with zero attached hydrogens (tertiary/aromatic N) is 3. The largest absolute Gasteiger partial charge is 0.497 e. The van der Waals surface area contributed by atoms with Gasteiger partial charge in [0.25, 0.3) is 5.56 Å². The number of benzene rings is 2. The highest BCUT2D eigenvalue weighted by molar-refractivity contribution is 5.98. The van der Waals surface area contributed by atoms with Gasteiger partial charge in [0, 0.05) is 36.3 Å². The number of rotatable bonds is 5. The van der Waals surface area contributed by atoms with Gasteiger partial charge < -0.3 is 9.64 Å². The molecule has 4 rings (SSSR count).